The molecule has 5 rings (SSSR count). The van der Waals surface area contributed by atoms with Crippen LogP contribution in [0.15, 0.2) is 102 Å². The summed E-state index contributed by atoms with van der Waals surface area (Å²) in [7, 11) is 0. The van der Waals surface area contributed by atoms with E-state index in [4.69, 9.17) is 9.84 Å². The van der Waals surface area contributed by atoms with E-state index in [1.165, 1.54) is 0 Å². The summed E-state index contributed by atoms with van der Waals surface area (Å²) in [5.74, 6) is -0.157. The number of hydrogen-bond donors (Lipinski definition) is 0. The van der Waals surface area contributed by atoms with E-state index in [-0.39, 0.29) is 5.70 Å². The first-order chi connectivity index (χ1) is 15.2. The molecule has 0 amide bonds. The molecular formula is C26H19N3O2. The predicted octanol–water partition coefficient (Wildman–Crippen LogP) is 5.19. The highest BCUT2D eigenvalue weighted by Gasteiger charge is 2.25. The Bertz CT molecular complexity index is 1300. The molecule has 0 N–H and O–H groups in total. The molecule has 5 nitrogen and oxygen atoms in total. The van der Waals surface area contributed by atoms with Gasteiger partial charge in [0.2, 0.25) is 5.90 Å². The first kappa shape index (κ1) is 18.8. The molecule has 1 aliphatic heterocycles. The number of rotatable bonds is 4. The summed E-state index contributed by atoms with van der Waals surface area (Å²) in [6, 6.07) is 27.4. The summed E-state index contributed by atoms with van der Waals surface area (Å²) in [5.41, 5.74) is 5.59. The number of hydrogen-bond acceptors (Lipinski definition) is 4. The van der Waals surface area contributed by atoms with E-state index in [1.54, 1.807) is 10.8 Å². The molecular weight excluding hydrogens is 386 g/mol. The Hall–Kier alpha value is -4.25. The second kappa shape index (κ2) is 7.88. The highest BCUT2D eigenvalue weighted by Crippen LogP contribution is 2.27. The molecule has 31 heavy (non-hydrogen) atoms. The lowest BCUT2D eigenvalue weighted by Crippen LogP contribution is -2.05. The third kappa shape index (κ3) is 3.81. The average molecular weight is 405 g/mol. The van der Waals surface area contributed by atoms with Crippen molar-refractivity contribution in [1.82, 2.24) is 9.78 Å². The van der Waals surface area contributed by atoms with Crippen molar-refractivity contribution in [2.45, 2.75) is 6.92 Å². The van der Waals surface area contributed by atoms with Crippen molar-refractivity contribution in [3.63, 3.8) is 0 Å². The average Bonchev–Trinajstić information content (AvgIpc) is 3.40. The van der Waals surface area contributed by atoms with Gasteiger partial charge in [-0.2, -0.15) is 5.10 Å². The molecule has 3 aromatic carbocycles. The van der Waals surface area contributed by atoms with Gasteiger partial charge in [0.15, 0.2) is 5.70 Å². The minimum absolute atomic E-state index is 0.250. The molecule has 0 fully saturated rings. The molecule has 0 bridgehead atoms. The zero-order valence-electron chi connectivity index (χ0n) is 16.9. The molecule has 0 saturated heterocycles. The van der Waals surface area contributed by atoms with Crippen LogP contribution >= 0.6 is 0 Å². The van der Waals surface area contributed by atoms with E-state index in [9.17, 15) is 4.79 Å². The summed E-state index contributed by atoms with van der Waals surface area (Å²) in [6.45, 7) is 2.01. The van der Waals surface area contributed by atoms with E-state index >= 15 is 0 Å². The van der Waals surface area contributed by atoms with Crippen molar-refractivity contribution < 1.29 is 9.53 Å². The van der Waals surface area contributed by atoms with Gasteiger partial charge in [-0.05, 0) is 37.3 Å². The lowest BCUT2D eigenvalue weighted by molar-refractivity contribution is -0.129. The molecule has 1 aromatic heterocycles. The van der Waals surface area contributed by atoms with E-state index in [0.29, 0.717) is 5.90 Å². The molecule has 150 valence electrons. The number of ether oxygens (including phenoxy) is 1. The number of aliphatic imine (C=N–C) groups is 1. The van der Waals surface area contributed by atoms with Gasteiger partial charge in [0.1, 0.15) is 5.69 Å². The topological polar surface area (TPSA) is 56.5 Å². The number of para-hydroxylation sites is 1. The maximum atomic E-state index is 12.5. The molecule has 0 atom stereocenters. The van der Waals surface area contributed by atoms with Gasteiger partial charge in [0.25, 0.3) is 0 Å². The zero-order valence-corrected chi connectivity index (χ0v) is 16.9. The van der Waals surface area contributed by atoms with Gasteiger partial charge >= 0.3 is 5.97 Å². The third-order valence-corrected chi connectivity index (χ3v) is 5.02. The summed E-state index contributed by atoms with van der Waals surface area (Å²) >= 11 is 0. The summed E-state index contributed by atoms with van der Waals surface area (Å²) in [4.78, 5) is 17.0. The Morgan fingerprint density at radius 3 is 2.23 bits per heavy atom. The molecule has 0 spiro atoms. The lowest BCUT2D eigenvalue weighted by Gasteiger charge is -2.00. The van der Waals surface area contributed by atoms with Crippen LogP contribution in [0.5, 0.6) is 0 Å². The number of cyclic esters (lactones) is 1. The molecule has 0 radical (unpaired) electrons. The first-order valence-corrected chi connectivity index (χ1v) is 9.97. The zero-order chi connectivity index (χ0) is 21.2. The van der Waals surface area contributed by atoms with E-state index < -0.39 is 5.97 Å². The first-order valence-electron chi connectivity index (χ1n) is 9.97. The highest BCUT2D eigenvalue weighted by atomic mass is 16.6. The smallest absolute Gasteiger partial charge is 0.363 e. The van der Waals surface area contributed by atoms with E-state index in [2.05, 4.69) is 4.99 Å². The van der Waals surface area contributed by atoms with Crippen LogP contribution in [0.1, 0.15) is 16.7 Å². The Balaban J connectivity index is 1.59. The largest absolute Gasteiger partial charge is 0.402 e. The number of benzene rings is 3. The molecule has 1 aliphatic rings. The number of carbonyl (C=O) groups is 1. The molecule has 5 heteroatoms. The van der Waals surface area contributed by atoms with Gasteiger partial charge in [0.05, 0.1) is 5.69 Å². The van der Waals surface area contributed by atoms with Gasteiger partial charge in [-0.1, -0.05) is 66.2 Å². The van der Waals surface area contributed by atoms with Gasteiger partial charge in [-0.3, -0.25) is 0 Å². The lowest BCUT2D eigenvalue weighted by atomic mass is 10.1. The van der Waals surface area contributed by atoms with Crippen molar-refractivity contribution in [2.24, 2.45) is 4.99 Å². The number of aromatic nitrogens is 2. The highest BCUT2D eigenvalue weighted by molar-refractivity contribution is 6.13. The Morgan fingerprint density at radius 2 is 1.52 bits per heavy atom. The van der Waals surface area contributed by atoms with Crippen LogP contribution in [0.4, 0.5) is 0 Å². The number of esters is 1. The predicted molar refractivity (Wildman–Crippen MR) is 121 cm³/mol. The standard InChI is InChI=1S/C26H19N3O2/c1-18-12-14-20(15-13-18)25-27-23(26(30)31-25)16-21-17-29(22-10-6-3-7-11-22)28-24(21)19-8-4-2-5-9-19/h2-17H,1H3. The maximum absolute atomic E-state index is 12.5. The van der Waals surface area contributed by atoms with Gasteiger partial charge < -0.3 is 4.74 Å². The van der Waals surface area contributed by atoms with Crippen LogP contribution in [-0.2, 0) is 9.53 Å². The summed E-state index contributed by atoms with van der Waals surface area (Å²) in [5, 5.41) is 4.78. The SMILES string of the molecule is Cc1ccc(C2=NC(=Cc3cn(-c4ccccc4)nc3-c3ccccc3)C(=O)O2)cc1. The van der Waals surface area contributed by atoms with Crippen LogP contribution in [0, 0.1) is 6.92 Å². The fourth-order valence-corrected chi connectivity index (χ4v) is 3.40. The van der Waals surface area contributed by atoms with Crippen molar-refractivity contribution in [3.05, 3.63) is 114 Å². The number of carbonyl (C=O) groups excluding carboxylic acids is 1. The van der Waals surface area contributed by atoms with Crippen molar-refractivity contribution >= 4 is 17.9 Å². The van der Waals surface area contributed by atoms with E-state index in [1.807, 2.05) is 98.0 Å². The van der Waals surface area contributed by atoms with E-state index in [0.717, 1.165) is 33.6 Å². The molecule has 0 aliphatic carbocycles. The second-order valence-corrected chi connectivity index (χ2v) is 7.28. The van der Waals surface area contributed by atoms with Gasteiger partial charge in [-0.25, -0.2) is 14.5 Å². The Kier molecular flexibility index (Phi) is 4.77. The van der Waals surface area contributed by atoms with Gasteiger partial charge in [0, 0.05) is 22.9 Å². The summed E-state index contributed by atoms with van der Waals surface area (Å²) < 4.78 is 7.23. The molecule has 0 saturated carbocycles. The quantitative estimate of drug-likeness (QED) is 0.347. The normalized spacial score (nSPS) is 14.5. The fourth-order valence-electron chi connectivity index (χ4n) is 3.40. The van der Waals surface area contributed by atoms with Crippen LogP contribution in [0.25, 0.3) is 23.0 Å². The second-order valence-electron chi connectivity index (χ2n) is 7.28. The van der Waals surface area contributed by atoms with Gasteiger partial charge in [-0.15, -0.1) is 0 Å². The Labute approximate surface area is 180 Å². The Morgan fingerprint density at radius 1 is 0.839 bits per heavy atom. The van der Waals surface area contributed by atoms with Crippen LogP contribution < -0.4 is 0 Å². The minimum Gasteiger partial charge on any atom is -0.402 e. The van der Waals surface area contributed by atoms with Crippen LogP contribution in [0.2, 0.25) is 0 Å². The fraction of sp³-hybridized carbons (Fsp3) is 0.0385. The third-order valence-electron chi connectivity index (χ3n) is 5.02. The van der Waals surface area contributed by atoms with Crippen molar-refractivity contribution in [3.8, 4) is 16.9 Å². The van der Waals surface area contributed by atoms with Crippen LogP contribution in [-0.4, -0.2) is 21.6 Å². The minimum atomic E-state index is -0.470. The van der Waals surface area contributed by atoms with Crippen molar-refractivity contribution in [2.75, 3.05) is 0 Å². The monoisotopic (exact) mass is 405 g/mol. The molecule has 4 aromatic rings. The summed E-state index contributed by atoms with van der Waals surface area (Å²) in [6.07, 6.45) is 3.63. The number of aryl methyl sites for hydroxylation is 1. The molecule has 0 unspecified atom stereocenters. The van der Waals surface area contributed by atoms with Crippen molar-refractivity contribution in [1.29, 1.82) is 0 Å². The maximum Gasteiger partial charge on any atom is 0.363 e. The van der Waals surface area contributed by atoms with Crippen LogP contribution in [0.3, 0.4) is 0 Å². The molecule has 2 heterocycles. The number of nitrogens with zero attached hydrogens (tertiary/aromatic N) is 3.